The van der Waals surface area contributed by atoms with Crippen molar-refractivity contribution in [2.45, 2.75) is 26.4 Å². The molecule has 1 aromatic heterocycles. The van der Waals surface area contributed by atoms with Crippen LogP contribution in [0.15, 0.2) is 47.1 Å². The van der Waals surface area contributed by atoms with Gasteiger partial charge in [-0.25, -0.2) is 4.98 Å². The molecule has 1 atom stereocenters. The van der Waals surface area contributed by atoms with Gasteiger partial charge in [-0.1, -0.05) is 41.1 Å². The van der Waals surface area contributed by atoms with Crippen molar-refractivity contribution < 1.29 is 0 Å². The highest BCUT2D eigenvalue weighted by Gasteiger charge is 2.14. The van der Waals surface area contributed by atoms with Crippen LogP contribution in [0, 0.1) is 0 Å². The molecular weight excluding hydrogens is 326 g/mol. The lowest BCUT2D eigenvalue weighted by Gasteiger charge is -2.24. The first-order valence-corrected chi connectivity index (χ1v) is 8.05. The molecule has 0 aliphatic rings. The van der Waals surface area contributed by atoms with Crippen molar-refractivity contribution in [2.75, 3.05) is 18.5 Å². The zero-order valence-corrected chi connectivity index (χ0v) is 14.4. The van der Waals surface area contributed by atoms with E-state index in [0.29, 0.717) is 6.04 Å². The van der Waals surface area contributed by atoms with Crippen molar-refractivity contribution in [3.8, 4) is 0 Å². The fraction of sp³-hybridized carbons (Fsp3) is 0.353. The molecule has 21 heavy (non-hydrogen) atoms. The van der Waals surface area contributed by atoms with Crippen LogP contribution in [0.2, 0.25) is 0 Å². The Labute approximate surface area is 135 Å². The van der Waals surface area contributed by atoms with Crippen LogP contribution in [0.3, 0.4) is 0 Å². The summed E-state index contributed by atoms with van der Waals surface area (Å²) >= 11 is 3.47. The highest BCUT2D eigenvalue weighted by Crippen LogP contribution is 2.24. The van der Waals surface area contributed by atoms with E-state index in [1.165, 1.54) is 11.1 Å². The van der Waals surface area contributed by atoms with Crippen LogP contribution in [-0.4, -0.2) is 18.6 Å². The second-order valence-electron chi connectivity index (χ2n) is 5.18. The van der Waals surface area contributed by atoms with Gasteiger partial charge in [-0.2, -0.15) is 0 Å². The topological polar surface area (TPSA) is 28.2 Å². The minimum atomic E-state index is 0.297. The Hall–Kier alpha value is -1.39. The lowest BCUT2D eigenvalue weighted by atomic mass is 10.1. The number of hydrogen-bond donors (Lipinski definition) is 1. The van der Waals surface area contributed by atoms with Gasteiger partial charge < -0.3 is 10.2 Å². The van der Waals surface area contributed by atoms with E-state index in [0.717, 1.165) is 23.4 Å². The SMILES string of the molecule is CCNC(C)c1cccnc1N(C)Cc1ccc(Br)cc1. The molecule has 0 aliphatic heterocycles. The maximum Gasteiger partial charge on any atom is 0.133 e. The smallest absolute Gasteiger partial charge is 0.133 e. The molecular formula is C17H22BrN3. The van der Waals surface area contributed by atoms with Crippen molar-refractivity contribution in [2.24, 2.45) is 0 Å². The van der Waals surface area contributed by atoms with Crippen LogP contribution in [0.1, 0.15) is 31.0 Å². The molecule has 0 bridgehead atoms. The van der Waals surface area contributed by atoms with Crippen LogP contribution >= 0.6 is 15.9 Å². The number of benzene rings is 1. The minimum Gasteiger partial charge on any atom is -0.355 e. The lowest BCUT2D eigenvalue weighted by molar-refractivity contribution is 0.594. The average molecular weight is 348 g/mol. The fourth-order valence-electron chi connectivity index (χ4n) is 2.42. The zero-order chi connectivity index (χ0) is 15.2. The van der Waals surface area contributed by atoms with E-state index in [9.17, 15) is 0 Å². The Balaban J connectivity index is 2.18. The first kappa shape index (κ1) is 16.0. The number of hydrogen-bond acceptors (Lipinski definition) is 3. The quantitative estimate of drug-likeness (QED) is 0.850. The molecule has 0 aliphatic carbocycles. The second kappa shape index (κ2) is 7.57. The van der Waals surface area contributed by atoms with Crippen LogP contribution in [-0.2, 0) is 6.54 Å². The van der Waals surface area contributed by atoms with E-state index >= 15 is 0 Å². The molecule has 0 radical (unpaired) electrons. The first-order valence-electron chi connectivity index (χ1n) is 7.25. The fourth-order valence-corrected chi connectivity index (χ4v) is 2.69. The van der Waals surface area contributed by atoms with Crippen LogP contribution in [0.25, 0.3) is 0 Å². The van der Waals surface area contributed by atoms with Gasteiger partial charge in [0.1, 0.15) is 5.82 Å². The van der Waals surface area contributed by atoms with Crippen LogP contribution < -0.4 is 10.2 Å². The summed E-state index contributed by atoms with van der Waals surface area (Å²) in [6, 6.07) is 12.9. The van der Waals surface area contributed by atoms with Gasteiger partial charge in [0.05, 0.1) is 0 Å². The molecule has 0 saturated carbocycles. The van der Waals surface area contributed by atoms with E-state index in [4.69, 9.17) is 0 Å². The number of halogens is 1. The molecule has 0 amide bonds. The predicted molar refractivity (Wildman–Crippen MR) is 92.6 cm³/mol. The summed E-state index contributed by atoms with van der Waals surface area (Å²) < 4.78 is 1.10. The van der Waals surface area contributed by atoms with Gasteiger partial charge in [0, 0.05) is 35.9 Å². The third-order valence-corrected chi connectivity index (χ3v) is 4.02. The summed E-state index contributed by atoms with van der Waals surface area (Å²) in [5, 5.41) is 3.46. The average Bonchev–Trinajstić information content (AvgIpc) is 2.50. The maximum atomic E-state index is 4.57. The monoisotopic (exact) mass is 347 g/mol. The first-order chi connectivity index (χ1) is 10.1. The largest absolute Gasteiger partial charge is 0.355 e. The summed E-state index contributed by atoms with van der Waals surface area (Å²) in [4.78, 5) is 6.77. The molecule has 0 fully saturated rings. The molecule has 4 heteroatoms. The highest BCUT2D eigenvalue weighted by atomic mass is 79.9. The molecule has 1 heterocycles. The Bertz CT molecular complexity index is 569. The normalized spacial score (nSPS) is 12.2. The lowest BCUT2D eigenvalue weighted by Crippen LogP contribution is -2.24. The number of nitrogens with one attached hydrogen (secondary N) is 1. The van der Waals surface area contributed by atoms with Crippen LogP contribution in [0.4, 0.5) is 5.82 Å². The molecule has 1 N–H and O–H groups in total. The molecule has 1 aromatic carbocycles. The Morgan fingerprint density at radius 1 is 1.24 bits per heavy atom. The van der Waals surface area contributed by atoms with E-state index in [1.807, 2.05) is 12.3 Å². The van der Waals surface area contributed by atoms with Gasteiger partial charge in [-0.05, 0) is 37.2 Å². The molecule has 2 aromatic rings. The van der Waals surface area contributed by atoms with Crippen molar-refractivity contribution >= 4 is 21.7 Å². The molecule has 112 valence electrons. The predicted octanol–water partition coefficient (Wildman–Crippen LogP) is 4.15. The molecule has 1 unspecified atom stereocenters. The summed E-state index contributed by atoms with van der Waals surface area (Å²) in [5.41, 5.74) is 2.51. The van der Waals surface area contributed by atoms with E-state index < -0.39 is 0 Å². The number of nitrogens with zero attached hydrogens (tertiary/aromatic N) is 2. The molecule has 3 nitrogen and oxygen atoms in total. The zero-order valence-electron chi connectivity index (χ0n) is 12.8. The van der Waals surface area contributed by atoms with Crippen LogP contribution in [0.5, 0.6) is 0 Å². The van der Waals surface area contributed by atoms with E-state index in [2.05, 4.69) is 82.4 Å². The summed E-state index contributed by atoms with van der Waals surface area (Å²) in [6.07, 6.45) is 1.86. The van der Waals surface area contributed by atoms with Crippen molar-refractivity contribution in [1.82, 2.24) is 10.3 Å². The Morgan fingerprint density at radius 2 is 1.95 bits per heavy atom. The van der Waals surface area contributed by atoms with Crippen molar-refractivity contribution in [3.63, 3.8) is 0 Å². The van der Waals surface area contributed by atoms with Gasteiger partial charge in [0.2, 0.25) is 0 Å². The number of rotatable bonds is 6. The third kappa shape index (κ3) is 4.29. The van der Waals surface area contributed by atoms with Gasteiger partial charge in [-0.3, -0.25) is 0 Å². The second-order valence-corrected chi connectivity index (χ2v) is 6.09. The van der Waals surface area contributed by atoms with E-state index in [-0.39, 0.29) is 0 Å². The number of anilines is 1. The molecule has 0 spiro atoms. The van der Waals surface area contributed by atoms with Gasteiger partial charge >= 0.3 is 0 Å². The number of aromatic nitrogens is 1. The van der Waals surface area contributed by atoms with E-state index in [1.54, 1.807) is 0 Å². The Kier molecular flexibility index (Phi) is 5.76. The van der Waals surface area contributed by atoms with Crippen molar-refractivity contribution in [3.05, 3.63) is 58.2 Å². The third-order valence-electron chi connectivity index (χ3n) is 3.49. The standard InChI is InChI=1S/C17H22BrN3/c1-4-19-13(2)16-6-5-11-20-17(16)21(3)12-14-7-9-15(18)10-8-14/h5-11,13,19H,4,12H2,1-3H3. The van der Waals surface area contributed by atoms with Gasteiger partial charge in [-0.15, -0.1) is 0 Å². The summed E-state index contributed by atoms with van der Waals surface area (Å²) in [7, 11) is 2.09. The van der Waals surface area contributed by atoms with Gasteiger partial charge in [0.25, 0.3) is 0 Å². The summed E-state index contributed by atoms with van der Waals surface area (Å²) in [5.74, 6) is 1.04. The molecule has 2 rings (SSSR count). The van der Waals surface area contributed by atoms with Gasteiger partial charge in [0.15, 0.2) is 0 Å². The summed E-state index contributed by atoms with van der Waals surface area (Å²) in [6.45, 7) is 6.09. The minimum absolute atomic E-state index is 0.297. The maximum absolute atomic E-state index is 4.57. The number of pyridine rings is 1. The Morgan fingerprint density at radius 3 is 2.62 bits per heavy atom. The molecule has 0 saturated heterocycles. The highest BCUT2D eigenvalue weighted by molar-refractivity contribution is 9.10. The van der Waals surface area contributed by atoms with Crippen molar-refractivity contribution in [1.29, 1.82) is 0 Å².